The van der Waals surface area contributed by atoms with Crippen molar-refractivity contribution < 1.29 is 0 Å². The van der Waals surface area contributed by atoms with Crippen molar-refractivity contribution in [3.63, 3.8) is 0 Å². The molecule has 0 atom stereocenters. The van der Waals surface area contributed by atoms with Gasteiger partial charge in [-0.25, -0.2) is 0 Å². The van der Waals surface area contributed by atoms with Gasteiger partial charge in [-0.05, 0) is 75.5 Å². The molecule has 98 valence electrons. The standard InChI is InChI=1S/C14H24BrNS/c1-11-10-12(15)13(17-11)8-6-5-7-9-16-14(2,3)4/h10,16H,5-9H2,1-4H3. The first-order chi connectivity index (χ1) is 7.88. The highest BCUT2D eigenvalue weighted by Gasteiger charge is 2.07. The van der Waals surface area contributed by atoms with Crippen LogP contribution in [-0.2, 0) is 6.42 Å². The number of hydrogen-bond donors (Lipinski definition) is 1. The number of nitrogens with one attached hydrogen (secondary N) is 1. The number of unbranched alkanes of at least 4 members (excludes halogenated alkanes) is 2. The maximum Gasteiger partial charge on any atom is 0.0317 e. The van der Waals surface area contributed by atoms with Crippen molar-refractivity contribution in [2.24, 2.45) is 0 Å². The number of thiophene rings is 1. The first-order valence-electron chi connectivity index (χ1n) is 6.38. The van der Waals surface area contributed by atoms with Crippen LogP contribution in [0.4, 0.5) is 0 Å². The quantitative estimate of drug-likeness (QED) is 0.734. The van der Waals surface area contributed by atoms with Crippen molar-refractivity contribution in [2.75, 3.05) is 6.54 Å². The van der Waals surface area contributed by atoms with Crippen molar-refractivity contribution in [3.05, 3.63) is 20.3 Å². The summed E-state index contributed by atoms with van der Waals surface area (Å²) in [5.74, 6) is 0. The Morgan fingerprint density at radius 3 is 2.47 bits per heavy atom. The van der Waals surface area contributed by atoms with Gasteiger partial charge in [-0.15, -0.1) is 11.3 Å². The molecule has 0 aliphatic heterocycles. The van der Waals surface area contributed by atoms with E-state index in [0.29, 0.717) is 0 Å². The van der Waals surface area contributed by atoms with E-state index < -0.39 is 0 Å². The van der Waals surface area contributed by atoms with Gasteiger partial charge in [0, 0.05) is 19.8 Å². The number of hydrogen-bond acceptors (Lipinski definition) is 2. The zero-order valence-corrected chi connectivity index (χ0v) is 13.8. The molecule has 3 heteroatoms. The molecule has 0 spiro atoms. The molecule has 0 radical (unpaired) electrons. The van der Waals surface area contributed by atoms with E-state index in [1.165, 1.54) is 39.9 Å². The molecule has 1 aromatic heterocycles. The van der Waals surface area contributed by atoms with Crippen molar-refractivity contribution >= 4 is 27.3 Å². The van der Waals surface area contributed by atoms with Crippen LogP contribution in [0.2, 0.25) is 0 Å². The van der Waals surface area contributed by atoms with E-state index in [9.17, 15) is 0 Å². The molecule has 0 unspecified atom stereocenters. The van der Waals surface area contributed by atoms with Crippen LogP contribution >= 0.6 is 27.3 Å². The molecule has 17 heavy (non-hydrogen) atoms. The topological polar surface area (TPSA) is 12.0 Å². The fraction of sp³-hybridized carbons (Fsp3) is 0.714. The van der Waals surface area contributed by atoms with Gasteiger partial charge in [0.05, 0.1) is 0 Å². The van der Waals surface area contributed by atoms with Gasteiger partial charge >= 0.3 is 0 Å². The highest BCUT2D eigenvalue weighted by atomic mass is 79.9. The summed E-state index contributed by atoms with van der Waals surface area (Å²) in [5, 5.41) is 3.53. The Morgan fingerprint density at radius 2 is 1.94 bits per heavy atom. The van der Waals surface area contributed by atoms with Gasteiger partial charge in [0.25, 0.3) is 0 Å². The summed E-state index contributed by atoms with van der Waals surface area (Å²) in [6, 6.07) is 2.22. The summed E-state index contributed by atoms with van der Waals surface area (Å²) >= 11 is 5.54. The zero-order chi connectivity index (χ0) is 12.9. The number of halogens is 1. The lowest BCUT2D eigenvalue weighted by Gasteiger charge is -2.20. The first kappa shape index (κ1) is 15.2. The third-order valence-corrected chi connectivity index (χ3v) is 4.70. The normalized spacial score (nSPS) is 12.1. The molecule has 0 aliphatic rings. The summed E-state index contributed by atoms with van der Waals surface area (Å²) in [6.07, 6.45) is 5.10. The molecule has 0 saturated heterocycles. The second-order valence-corrected chi connectivity index (χ2v) is 7.81. The van der Waals surface area contributed by atoms with Gasteiger partial charge in [0.15, 0.2) is 0 Å². The maximum atomic E-state index is 3.62. The van der Waals surface area contributed by atoms with Crippen LogP contribution in [0, 0.1) is 6.92 Å². The first-order valence-corrected chi connectivity index (χ1v) is 7.99. The Kier molecular flexibility index (Phi) is 6.18. The number of rotatable bonds is 6. The average Bonchev–Trinajstić information content (AvgIpc) is 2.49. The van der Waals surface area contributed by atoms with Gasteiger partial charge in [0.1, 0.15) is 0 Å². The predicted molar refractivity (Wildman–Crippen MR) is 82.1 cm³/mol. The Labute approximate surface area is 118 Å². The Balaban J connectivity index is 2.11. The molecule has 1 heterocycles. The molecular formula is C14H24BrNS. The highest BCUT2D eigenvalue weighted by Crippen LogP contribution is 2.28. The molecule has 1 nitrogen and oxygen atoms in total. The SMILES string of the molecule is Cc1cc(Br)c(CCCCCNC(C)(C)C)s1. The van der Waals surface area contributed by atoms with Gasteiger partial charge in [0.2, 0.25) is 0 Å². The molecule has 1 aromatic rings. The van der Waals surface area contributed by atoms with Crippen LogP contribution < -0.4 is 5.32 Å². The number of aryl methyl sites for hydroxylation is 2. The highest BCUT2D eigenvalue weighted by molar-refractivity contribution is 9.10. The molecular weight excluding hydrogens is 294 g/mol. The largest absolute Gasteiger partial charge is 0.312 e. The van der Waals surface area contributed by atoms with Gasteiger partial charge in [-0.1, -0.05) is 6.42 Å². The summed E-state index contributed by atoms with van der Waals surface area (Å²) in [6.45, 7) is 9.97. The zero-order valence-electron chi connectivity index (χ0n) is 11.4. The third kappa shape index (κ3) is 6.58. The molecule has 0 aliphatic carbocycles. The molecule has 1 N–H and O–H groups in total. The molecule has 0 fully saturated rings. The second kappa shape index (κ2) is 6.91. The van der Waals surface area contributed by atoms with Gasteiger partial charge in [-0.2, -0.15) is 0 Å². The second-order valence-electron chi connectivity index (χ2n) is 5.62. The predicted octanol–water partition coefficient (Wildman–Crippen LogP) is 4.92. The maximum absolute atomic E-state index is 3.62. The van der Waals surface area contributed by atoms with E-state index in [2.05, 4.69) is 55.0 Å². The monoisotopic (exact) mass is 317 g/mol. The summed E-state index contributed by atoms with van der Waals surface area (Å²) in [5.41, 5.74) is 0.258. The fourth-order valence-electron chi connectivity index (χ4n) is 1.75. The molecule has 0 aromatic carbocycles. The minimum atomic E-state index is 0.258. The Hall–Kier alpha value is 0.140. The lowest BCUT2D eigenvalue weighted by Crippen LogP contribution is -2.36. The lowest BCUT2D eigenvalue weighted by atomic mass is 10.1. The van der Waals surface area contributed by atoms with Crippen molar-refractivity contribution in [1.82, 2.24) is 5.32 Å². The third-order valence-electron chi connectivity index (χ3n) is 2.62. The Bertz CT molecular complexity index is 338. The summed E-state index contributed by atoms with van der Waals surface area (Å²) in [7, 11) is 0. The van der Waals surface area contributed by atoms with Gasteiger partial charge in [-0.3, -0.25) is 0 Å². The van der Waals surface area contributed by atoms with Crippen molar-refractivity contribution in [1.29, 1.82) is 0 Å². The summed E-state index contributed by atoms with van der Waals surface area (Å²) < 4.78 is 1.30. The minimum absolute atomic E-state index is 0.258. The molecule has 0 bridgehead atoms. The van der Waals surface area contributed by atoms with E-state index in [4.69, 9.17) is 0 Å². The van der Waals surface area contributed by atoms with Crippen LogP contribution in [0.5, 0.6) is 0 Å². The average molecular weight is 318 g/mol. The van der Waals surface area contributed by atoms with E-state index in [1.807, 2.05) is 11.3 Å². The van der Waals surface area contributed by atoms with Crippen LogP contribution in [0.25, 0.3) is 0 Å². The van der Waals surface area contributed by atoms with E-state index in [1.54, 1.807) is 0 Å². The molecule has 0 amide bonds. The van der Waals surface area contributed by atoms with Crippen LogP contribution in [-0.4, -0.2) is 12.1 Å². The molecule has 0 saturated carbocycles. The smallest absolute Gasteiger partial charge is 0.0317 e. The van der Waals surface area contributed by atoms with Gasteiger partial charge < -0.3 is 5.32 Å². The van der Waals surface area contributed by atoms with E-state index in [-0.39, 0.29) is 5.54 Å². The van der Waals surface area contributed by atoms with E-state index in [0.717, 1.165) is 6.54 Å². The van der Waals surface area contributed by atoms with Crippen LogP contribution in [0.1, 0.15) is 49.8 Å². The minimum Gasteiger partial charge on any atom is -0.312 e. The Morgan fingerprint density at radius 1 is 1.24 bits per heavy atom. The fourth-order valence-corrected chi connectivity index (χ4v) is 3.66. The van der Waals surface area contributed by atoms with Crippen LogP contribution in [0.15, 0.2) is 10.5 Å². The van der Waals surface area contributed by atoms with Crippen LogP contribution in [0.3, 0.4) is 0 Å². The van der Waals surface area contributed by atoms with Crippen molar-refractivity contribution in [2.45, 2.75) is 58.9 Å². The molecule has 1 rings (SSSR count). The lowest BCUT2D eigenvalue weighted by molar-refractivity contribution is 0.417. The van der Waals surface area contributed by atoms with E-state index >= 15 is 0 Å². The summed E-state index contributed by atoms with van der Waals surface area (Å²) in [4.78, 5) is 2.91. The van der Waals surface area contributed by atoms with Crippen molar-refractivity contribution in [3.8, 4) is 0 Å².